The van der Waals surface area contributed by atoms with Crippen LogP contribution in [0.15, 0.2) is 0 Å². The van der Waals surface area contributed by atoms with Crippen molar-refractivity contribution < 1.29 is 8.42 Å². The van der Waals surface area contributed by atoms with Crippen LogP contribution in [-0.2, 0) is 10.0 Å². The van der Waals surface area contributed by atoms with Crippen molar-refractivity contribution in [2.45, 2.75) is 31.1 Å². The fraction of sp³-hybridized carbons (Fsp3) is 1.00. The Balaban J connectivity index is 2.67. The molecule has 1 unspecified atom stereocenters. The van der Waals surface area contributed by atoms with Crippen molar-refractivity contribution in [3.63, 3.8) is 0 Å². The maximum absolute atomic E-state index is 12.1. The van der Waals surface area contributed by atoms with E-state index >= 15 is 0 Å². The zero-order chi connectivity index (χ0) is 12.3. The fourth-order valence-electron chi connectivity index (χ4n) is 1.93. The Morgan fingerprint density at radius 3 is 2.38 bits per heavy atom. The van der Waals surface area contributed by atoms with Crippen LogP contribution in [0.4, 0.5) is 0 Å². The van der Waals surface area contributed by atoms with Gasteiger partial charge in [0.1, 0.15) is 0 Å². The monoisotopic (exact) mass is 268 g/mol. The van der Waals surface area contributed by atoms with Gasteiger partial charge in [-0.2, -0.15) is 0 Å². The van der Waals surface area contributed by atoms with Gasteiger partial charge in [0.15, 0.2) is 0 Å². The van der Waals surface area contributed by atoms with Crippen LogP contribution in [0, 0.1) is 0 Å². The van der Waals surface area contributed by atoms with Gasteiger partial charge in [0, 0.05) is 19.0 Å². The summed E-state index contributed by atoms with van der Waals surface area (Å²) in [5, 5.41) is -0.501. The van der Waals surface area contributed by atoms with Gasteiger partial charge < -0.3 is 4.90 Å². The molecule has 6 heteroatoms. The highest BCUT2D eigenvalue weighted by Gasteiger charge is 2.32. The lowest BCUT2D eigenvalue weighted by Gasteiger charge is -2.35. The second-order valence-electron chi connectivity index (χ2n) is 4.56. The first-order valence-electron chi connectivity index (χ1n) is 5.61. The van der Waals surface area contributed by atoms with Crippen molar-refractivity contribution in [1.82, 2.24) is 9.21 Å². The van der Waals surface area contributed by atoms with Gasteiger partial charge in [-0.05, 0) is 39.9 Å². The first-order chi connectivity index (χ1) is 7.39. The van der Waals surface area contributed by atoms with Crippen LogP contribution in [0.25, 0.3) is 0 Å². The van der Waals surface area contributed by atoms with Gasteiger partial charge >= 0.3 is 0 Å². The number of halogens is 1. The van der Waals surface area contributed by atoms with Crippen LogP contribution in [-0.4, -0.2) is 62.0 Å². The Kier molecular flexibility index (Phi) is 5.04. The molecule has 0 aromatic carbocycles. The van der Waals surface area contributed by atoms with E-state index < -0.39 is 15.3 Å². The van der Waals surface area contributed by atoms with Gasteiger partial charge in [-0.3, -0.25) is 0 Å². The molecule has 1 saturated heterocycles. The highest BCUT2D eigenvalue weighted by Crippen LogP contribution is 2.19. The van der Waals surface area contributed by atoms with Crippen LogP contribution in [0.3, 0.4) is 0 Å². The second kappa shape index (κ2) is 5.67. The number of likely N-dealkylation sites (tertiary alicyclic amines) is 1. The minimum absolute atomic E-state index is 0.131. The van der Waals surface area contributed by atoms with E-state index in [2.05, 4.69) is 11.9 Å². The number of nitrogens with zero attached hydrogens (tertiary/aromatic N) is 2. The van der Waals surface area contributed by atoms with Crippen molar-refractivity contribution in [1.29, 1.82) is 0 Å². The number of alkyl halides is 1. The number of sulfonamides is 1. The van der Waals surface area contributed by atoms with E-state index in [0.717, 1.165) is 25.9 Å². The predicted octanol–water partition coefficient (Wildman–Crippen LogP) is 0.970. The zero-order valence-corrected chi connectivity index (χ0v) is 11.8. The van der Waals surface area contributed by atoms with E-state index in [9.17, 15) is 8.42 Å². The molecule has 0 aromatic heterocycles. The third-order valence-electron chi connectivity index (χ3n) is 3.33. The van der Waals surface area contributed by atoms with Crippen LogP contribution in [0.5, 0.6) is 0 Å². The molecule has 4 nitrogen and oxygen atoms in total. The lowest BCUT2D eigenvalue weighted by Crippen LogP contribution is -2.47. The third kappa shape index (κ3) is 3.09. The average Bonchev–Trinajstić information content (AvgIpc) is 2.28. The van der Waals surface area contributed by atoms with E-state index in [1.165, 1.54) is 4.31 Å². The Morgan fingerprint density at radius 1 is 1.44 bits per heavy atom. The van der Waals surface area contributed by atoms with Crippen LogP contribution in [0.2, 0.25) is 0 Å². The summed E-state index contributed by atoms with van der Waals surface area (Å²) in [5.41, 5.74) is 0. The summed E-state index contributed by atoms with van der Waals surface area (Å²) in [6, 6.07) is 0.131. The fourth-order valence-corrected chi connectivity index (χ4v) is 3.76. The molecule has 1 rings (SSSR count). The van der Waals surface area contributed by atoms with Crippen LogP contribution >= 0.6 is 11.6 Å². The summed E-state index contributed by atoms with van der Waals surface area (Å²) in [6.45, 7) is 3.58. The van der Waals surface area contributed by atoms with Gasteiger partial charge in [0.25, 0.3) is 0 Å². The minimum Gasteiger partial charge on any atom is -0.306 e. The molecule has 0 N–H and O–H groups in total. The lowest BCUT2D eigenvalue weighted by atomic mass is 10.1. The highest BCUT2D eigenvalue weighted by atomic mass is 35.5. The molecule has 0 saturated carbocycles. The summed E-state index contributed by atoms with van der Waals surface area (Å²) in [7, 11) is 0.513. The van der Waals surface area contributed by atoms with Gasteiger partial charge in [0.2, 0.25) is 10.0 Å². The molecule has 1 aliphatic rings. The molecule has 96 valence electrons. The second-order valence-corrected chi connectivity index (χ2v) is 7.28. The van der Waals surface area contributed by atoms with Crippen molar-refractivity contribution in [2.75, 3.05) is 33.1 Å². The molecule has 0 aliphatic carbocycles. The largest absolute Gasteiger partial charge is 0.306 e. The standard InChI is InChI=1S/C10H21ClN2O2S/c1-9(8-11)16(14,15)13(3)10-4-6-12(2)7-5-10/h9-10H,4-8H2,1-3H3. The molecule has 0 spiro atoms. The van der Waals surface area contributed by atoms with E-state index in [4.69, 9.17) is 11.6 Å². The maximum Gasteiger partial charge on any atom is 0.217 e. The number of piperidine rings is 1. The molecule has 1 aliphatic heterocycles. The molecule has 1 atom stereocenters. The lowest BCUT2D eigenvalue weighted by molar-refractivity contribution is 0.197. The SMILES string of the molecule is CC(CCl)S(=O)(=O)N(C)C1CCN(C)CC1. The molecule has 0 radical (unpaired) electrons. The summed E-state index contributed by atoms with van der Waals surface area (Å²) in [5.74, 6) is 0.152. The van der Waals surface area contributed by atoms with Crippen molar-refractivity contribution in [3.05, 3.63) is 0 Å². The van der Waals surface area contributed by atoms with Crippen molar-refractivity contribution in [2.24, 2.45) is 0 Å². The number of hydrogen-bond donors (Lipinski definition) is 0. The molecular formula is C10H21ClN2O2S. The summed E-state index contributed by atoms with van der Waals surface area (Å²) < 4.78 is 25.7. The first kappa shape index (κ1) is 14.2. The Bertz CT molecular complexity index is 313. The average molecular weight is 269 g/mol. The number of hydrogen-bond acceptors (Lipinski definition) is 3. The van der Waals surface area contributed by atoms with Crippen molar-refractivity contribution >= 4 is 21.6 Å². The summed E-state index contributed by atoms with van der Waals surface area (Å²) in [4.78, 5) is 2.22. The van der Waals surface area contributed by atoms with E-state index in [1.807, 2.05) is 0 Å². The maximum atomic E-state index is 12.1. The number of rotatable bonds is 4. The normalized spacial score (nSPS) is 22.6. The van der Waals surface area contributed by atoms with Gasteiger partial charge in [-0.25, -0.2) is 12.7 Å². The van der Waals surface area contributed by atoms with Gasteiger partial charge in [-0.1, -0.05) is 0 Å². The highest BCUT2D eigenvalue weighted by molar-refractivity contribution is 7.89. The Morgan fingerprint density at radius 2 is 1.94 bits per heavy atom. The zero-order valence-electron chi connectivity index (χ0n) is 10.2. The van der Waals surface area contributed by atoms with E-state index in [-0.39, 0.29) is 11.9 Å². The molecular weight excluding hydrogens is 248 g/mol. The smallest absolute Gasteiger partial charge is 0.217 e. The first-order valence-corrected chi connectivity index (χ1v) is 7.64. The quantitative estimate of drug-likeness (QED) is 0.714. The Labute approximate surface area is 104 Å². The van der Waals surface area contributed by atoms with Gasteiger partial charge in [-0.15, -0.1) is 11.6 Å². The topological polar surface area (TPSA) is 40.6 Å². The summed E-state index contributed by atoms with van der Waals surface area (Å²) in [6.07, 6.45) is 1.81. The molecule has 0 bridgehead atoms. The minimum atomic E-state index is -3.22. The Hall–Kier alpha value is 0.160. The van der Waals surface area contributed by atoms with Crippen molar-refractivity contribution in [3.8, 4) is 0 Å². The summed E-state index contributed by atoms with van der Waals surface area (Å²) >= 11 is 5.63. The molecule has 0 amide bonds. The van der Waals surface area contributed by atoms with Crippen LogP contribution in [0.1, 0.15) is 19.8 Å². The predicted molar refractivity (Wildman–Crippen MR) is 67.4 cm³/mol. The molecule has 0 aromatic rings. The molecule has 1 heterocycles. The van der Waals surface area contributed by atoms with E-state index in [1.54, 1.807) is 14.0 Å². The molecule has 1 fully saturated rings. The van der Waals surface area contributed by atoms with Gasteiger partial charge in [0.05, 0.1) is 5.25 Å². The third-order valence-corrected chi connectivity index (χ3v) is 6.26. The molecule has 16 heavy (non-hydrogen) atoms. The van der Waals surface area contributed by atoms with Crippen LogP contribution < -0.4 is 0 Å². The van der Waals surface area contributed by atoms with E-state index in [0.29, 0.717) is 0 Å².